The number of rotatable bonds is 7. The second-order valence-corrected chi connectivity index (χ2v) is 7.00. The SMILES string of the molecule is Cl.NN1CCN=C1c1ccc(Cc2ccc(OCCc3ccccc3)cc2)cc1. The summed E-state index contributed by atoms with van der Waals surface area (Å²) >= 11 is 0. The molecule has 1 aliphatic rings. The normalized spacial score (nSPS) is 13.0. The molecule has 3 aromatic rings. The Hall–Kier alpha value is -2.82. The molecule has 4 nitrogen and oxygen atoms in total. The van der Waals surface area contributed by atoms with E-state index in [-0.39, 0.29) is 12.4 Å². The standard InChI is InChI=1S/C24H25N3O.ClH/c25-27-16-15-26-24(27)22-10-6-20(7-11-22)18-21-8-12-23(13-9-21)28-17-14-19-4-2-1-3-5-19;/h1-13H,14-18,25H2;1H. The third-order valence-electron chi connectivity index (χ3n) is 4.92. The van der Waals surface area contributed by atoms with Crippen LogP contribution in [0.2, 0.25) is 0 Å². The summed E-state index contributed by atoms with van der Waals surface area (Å²) in [6, 6.07) is 27.3. The lowest BCUT2D eigenvalue weighted by atomic mass is 10.0. The number of aliphatic imine (C=N–C) groups is 1. The van der Waals surface area contributed by atoms with E-state index in [9.17, 15) is 0 Å². The quantitative estimate of drug-likeness (QED) is 0.595. The largest absolute Gasteiger partial charge is 0.493 e. The maximum atomic E-state index is 5.95. The molecular formula is C24H26ClN3O. The van der Waals surface area contributed by atoms with Gasteiger partial charge in [0.25, 0.3) is 0 Å². The van der Waals surface area contributed by atoms with Gasteiger partial charge in [-0.05, 0) is 35.2 Å². The van der Waals surface area contributed by atoms with Crippen LogP contribution in [0.1, 0.15) is 22.3 Å². The zero-order valence-corrected chi connectivity index (χ0v) is 17.1. The summed E-state index contributed by atoms with van der Waals surface area (Å²) in [4.78, 5) is 4.46. The van der Waals surface area contributed by atoms with Gasteiger partial charge in [0, 0.05) is 12.0 Å². The van der Waals surface area contributed by atoms with Gasteiger partial charge < -0.3 is 4.74 Å². The maximum Gasteiger partial charge on any atom is 0.145 e. The Bertz CT molecular complexity index is 925. The van der Waals surface area contributed by atoms with Crippen LogP contribution in [0.25, 0.3) is 0 Å². The van der Waals surface area contributed by atoms with Gasteiger partial charge in [0.1, 0.15) is 11.6 Å². The summed E-state index contributed by atoms with van der Waals surface area (Å²) in [6.45, 7) is 2.25. The predicted octanol–water partition coefficient (Wildman–Crippen LogP) is 4.26. The number of nitrogens with zero attached hydrogens (tertiary/aromatic N) is 2. The fraction of sp³-hybridized carbons (Fsp3) is 0.208. The molecule has 0 aromatic heterocycles. The monoisotopic (exact) mass is 407 g/mol. The molecule has 3 aromatic carbocycles. The molecule has 0 fully saturated rings. The molecule has 0 unspecified atom stereocenters. The molecule has 0 bridgehead atoms. The molecule has 1 heterocycles. The van der Waals surface area contributed by atoms with Crippen LogP contribution >= 0.6 is 12.4 Å². The maximum absolute atomic E-state index is 5.95. The molecule has 0 atom stereocenters. The van der Waals surface area contributed by atoms with Gasteiger partial charge in [-0.2, -0.15) is 0 Å². The van der Waals surface area contributed by atoms with Crippen LogP contribution < -0.4 is 10.6 Å². The molecule has 29 heavy (non-hydrogen) atoms. The van der Waals surface area contributed by atoms with E-state index in [4.69, 9.17) is 10.6 Å². The lowest BCUT2D eigenvalue weighted by Gasteiger charge is -2.13. The predicted molar refractivity (Wildman–Crippen MR) is 121 cm³/mol. The van der Waals surface area contributed by atoms with Crippen LogP contribution in [0.3, 0.4) is 0 Å². The van der Waals surface area contributed by atoms with Crippen molar-refractivity contribution in [2.75, 3.05) is 19.7 Å². The van der Waals surface area contributed by atoms with Crippen LogP contribution in [-0.2, 0) is 12.8 Å². The van der Waals surface area contributed by atoms with Crippen LogP contribution in [-0.4, -0.2) is 30.5 Å². The highest BCUT2D eigenvalue weighted by molar-refractivity contribution is 5.99. The number of benzene rings is 3. The molecule has 1 aliphatic heterocycles. The van der Waals surface area contributed by atoms with Crippen molar-refractivity contribution in [1.29, 1.82) is 0 Å². The van der Waals surface area contributed by atoms with E-state index in [1.807, 2.05) is 18.2 Å². The smallest absolute Gasteiger partial charge is 0.145 e. The summed E-state index contributed by atoms with van der Waals surface area (Å²) in [5.74, 6) is 7.74. The number of halogens is 1. The highest BCUT2D eigenvalue weighted by atomic mass is 35.5. The molecule has 5 heteroatoms. The number of hydrogen-bond acceptors (Lipinski definition) is 4. The van der Waals surface area contributed by atoms with Crippen molar-refractivity contribution < 1.29 is 4.74 Å². The van der Waals surface area contributed by atoms with Gasteiger partial charge in [-0.3, -0.25) is 10.0 Å². The van der Waals surface area contributed by atoms with Crippen molar-refractivity contribution in [2.24, 2.45) is 10.8 Å². The van der Waals surface area contributed by atoms with Gasteiger partial charge in [-0.1, -0.05) is 66.7 Å². The first kappa shape index (κ1) is 20.9. The minimum absolute atomic E-state index is 0. The van der Waals surface area contributed by atoms with Crippen molar-refractivity contribution in [2.45, 2.75) is 12.8 Å². The Kier molecular flexibility index (Phi) is 7.28. The van der Waals surface area contributed by atoms with Gasteiger partial charge in [0.2, 0.25) is 0 Å². The van der Waals surface area contributed by atoms with Crippen LogP contribution in [0.15, 0.2) is 83.9 Å². The van der Waals surface area contributed by atoms with E-state index in [2.05, 4.69) is 65.7 Å². The van der Waals surface area contributed by atoms with E-state index in [1.54, 1.807) is 5.01 Å². The van der Waals surface area contributed by atoms with Crippen molar-refractivity contribution in [3.63, 3.8) is 0 Å². The van der Waals surface area contributed by atoms with E-state index < -0.39 is 0 Å². The summed E-state index contributed by atoms with van der Waals surface area (Å²) in [5, 5.41) is 1.71. The lowest BCUT2D eigenvalue weighted by Crippen LogP contribution is -2.34. The first-order valence-electron chi connectivity index (χ1n) is 9.69. The van der Waals surface area contributed by atoms with Gasteiger partial charge in [0.05, 0.1) is 19.7 Å². The molecule has 0 saturated heterocycles. The van der Waals surface area contributed by atoms with Crippen LogP contribution in [0.4, 0.5) is 0 Å². The first-order valence-corrected chi connectivity index (χ1v) is 9.69. The third kappa shape index (κ3) is 5.59. The highest BCUT2D eigenvalue weighted by Gasteiger charge is 2.14. The number of nitrogens with two attached hydrogens (primary N) is 1. The van der Waals surface area contributed by atoms with Crippen molar-refractivity contribution >= 4 is 18.2 Å². The van der Waals surface area contributed by atoms with E-state index in [1.165, 1.54) is 16.7 Å². The van der Waals surface area contributed by atoms with Crippen molar-refractivity contribution in [3.05, 3.63) is 101 Å². The zero-order valence-electron chi connectivity index (χ0n) is 16.3. The molecule has 2 N–H and O–H groups in total. The lowest BCUT2D eigenvalue weighted by molar-refractivity contribution is 0.322. The van der Waals surface area contributed by atoms with E-state index >= 15 is 0 Å². The second-order valence-electron chi connectivity index (χ2n) is 7.00. The average molecular weight is 408 g/mol. The first-order chi connectivity index (χ1) is 13.8. The van der Waals surface area contributed by atoms with Gasteiger partial charge in [-0.15, -0.1) is 12.4 Å². The molecular weight excluding hydrogens is 382 g/mol. The number of ether oxygens (including phenoxy) is 1. The molecule has 0 aliphatic carbocycles. The Labute approximate surface area is 178 Å². The summed E-state index contributed by atoms with van der Waals surface area (Å²) in [6.07, 6.45) is 1.81. The fourth-order valence-electron chi connectivity index (χ4n) is 3.36. The van der Waals surface area contributed by atoms with Crippen LogP contribution in [0, 0.1) is 0 Å². The molecule has 4 rings (SSSR count). The summed E-state index contributed by atoms with van der Waals surface area (Å²) < 4.78 is 5.87. The molecule has 0 radical (unpaired) electrons. The fourth-order valence-corrected chi connectivity index (χ4v) is 3.36. The Morgan fingerprint density at radius 1 is 0.828 bits per heavy atom. The van der Waals surface area contributed by atoms with Gasteiger partial charge >= 0.3 is 0 Å². The Morgan fingerprint density at radius 2 is 1.48 bits per heavy atom. The average Bonchev–Trinajstić information content (AvgIpc) is 3.17. The zero-order chi connectivity index (χ0) is 19.2. The Morgan fingerprint density at radius 3 is 2.10 bits per heavy atom. The van der Waals surface area contributed by atoms with Crippen LogP contribution in [0.5, 0.6) is 5.75 Å². The summed E-state index contributed by atoms with van der Waals surface area (Å²) in [7, 11) is 0. The second kappa shape index (κ2) is 10.1. The Balaban J connectivity index is 0.00000240. The van der Waals surface area contributed by atoms with Crippen molar-refractivity contribution in [1.82, 2.24) is 5.01 Å². The minimum Gasteiger partial charge on any atom is -0.493 e. The number of hydrogen-bond donors (Lipinski definition) is 1. The number of amidine groups is 1. The van der Waals surface area contributed by atoms with Gasteiger partial charge in [0.15, 0.2) is 0 Å². The van der Waals surface area contributed by atoms with Crippen molar-refractivity contribution in [3.8, 4) is 5.75 Å². The number of hydrazine groups is 1. The van der Waals surface area contributed by atoms with Gasteiger partial charge in [-0.25, -0.2) is 5.84 Å². The summed E-state index contributed by atoms with van der Waals surface area (Å²) in [5.41, 5.74) is 4.90. The van der Waals surface area contributed by atoms with E-state index in [0.717, 1.165) is 43.1 Å². The molecule has 0 amide bonds. The third-order valence-corrected chi connectivity index (χ3v) is 4.92. The molecule has 150 valence electrons. The topological polar surface area (TPSA) is 50.8 Å². The highest BCUT2D eigenvalue weighted by Crippen LogP contribution is 2.17. The van der Waals surface area contributed by atoms with E-state index in [0.29, 0.717) is 6.61 Å². The minimum atomic E-state index is 0. The molecule has 0 spiro atoms. The molecule has 0 saturated carbocycles.